The van der Waals surface area contributed by atoms with E-state index in [1.165, 1.54) is 0 Å². The van der Waals surface area contributed by atoms with Crippen LogP contribution in [-0.2, 0) is 6.54 Å². The van der Waals surface area contributed by atoms with Gasteiger partial charge in [-0.1, -0.05) is 0 Å². The first-order chi connectivity index (χ1) is 8.21. The molecule has 1 aromatic carbocycles. The third-order valence-electron chi connectivity index (χ3n) is 3.23. The quantitative estimate of drug-likeness (QED) is 0.783. The van der Waals surface area contributed by atoms with Crippen LogP contribution < -0.4 is 14.8 Å². The Morgan fingerprint density at radius 3 is 2.18 bits per heavy atom. The Hall–Kier alpha value is -1.26. The summed E-state index contributed by atoms with van der Waals surface area (Å²) in [5.41, 5.74) is 1.05. The minimum atomic E-state index is -0.0453. The topological polar surface area (TPSA) is 50.7 Å². The normalized spacial score (nSPS) is 16.6. The highest BCUT2D eigenvalue weighted by atomic mass is 16.5. The highest BCUT2D eigenvalue weighted by Crippen LogP contribution is 2.35. The van der Waals surface area contributed by atoms with Crippen LogP contribution in [0.3, 0.4) is 0 Å². The van der Waals surface area contributed by atoms with Crippen LogP contribution in [0, 0.1) is 0 Å². The Balaban J connectivity index is 2.04. The lowest BCUT2D eigenvalue weighted by atomic mass is 10.1. The van der Waals surface area contributed by atoms with Crippen molar-refractivity contribution in [2.45, 2.75) is 24.9 Å². The zero-order valence-corrected chi connectivity index (χ0v) is 10.3. The van der Waals surface area contributed by atoms with E-state index in [2.05, 4.69) is 5.32 Å². The number of aliphatic hydroxyl groups is 1. The van der Waals surface area contributed by atoms with Crippen LogP contribution in [0.15, 0.2) is 18.2 Å². The molecule has 2 N–H and O–H groups in total. The standard InChI is InChI=1S/C13H19NO3/c1-16-11-5-10(6-12(7-11)17-2)8-14-13(9-15)3-4-13/h5-7,14-15H,3-4,8-9H2,1-2H3. The molecule has 0 aromatic heterocycles. The number of aliphatic hydroxyl groups excluding tert-OH is 1. The van der Waals surface area contributed by atoms with Gasteiger partial charge in [0.15, 0.2) is 0 Å². The van der Waals surface area contributed by atoms with Crippen molar-refractivity contribution in [3.63, 3.8) is 0 Å². The van der Waals surface area contributed by atoms with Gasteiger partial charge >= 0.3 is 0 Å². The van der Waals surface area contributed by atoms with Gasteiger partial charge in [0.1, 0.15) is 11.5 Å². The Morgan fingerprint density at radius 1 is 1.18 bits per heavy atom. The van der Waals surface area contributed by atoms with Gasteiger partial charge in [0.05, 0.1) is 20.8 Å². The number of benzene rings is 1. The van der Waals surface area contributed by atoms with E-state index in [4.69, 9.17) is 9.47 Å². The molecule has 0 heterocycles. The second kappa shape index (κ2) is 4.94. The van der Waals surface area contributed by atoms with Crippen LogP contribution in [0.25, 0.3) is 0 Å². The fourth-order valence-corrected chi connectivity index (χ4v) is 1.80. The second-order valence-corrected chi connectivity index (χ2v) is 4.51. The molecular formula is C13H19NO3. The average molecular weight is 237 g/mol. The maximum Gasteiger partial charge on any atom is 0.122 e. The number of rotatable bonds is 6. The summed E-state index contributed by atoms with van der Waals surface area (Å²) in [5, 5.41) is 12.6. The molecule has 0 amide bonds. The number of nitrogens with one attached hydrogen (secondary N) is 1. The van der Waals surface area contributed by atoms with Gasteiger partial charge in [0.2, 0.25) is 0 Å². The fourth-order valence-electron chi connectivity index (χ4n) is 1.80. The van der Waals surface area contributed by atoms with Gasteiger partial charge in [-0.05, 0) is 30.5 Å². The molecule has 0 bridgehead atoms. The van der Waals surface area contributed by atoms with Gasteiger partial charge in [-0.15, -0.1) is 0 Å². The second-order valence-electron chi connectivity index (χ2n) is 4.51. The highest BCUT2D eigenvalue weighted by molar-refractivity contribution is 5.38. The summed E-state index contributed by atoms with van der Waals surface area (Å²) in [7, 11) is 3.28. The van der Waals surface area contributed by atoms with E-state index in [0.717, 1.165) is 29.9 Å². The van der Waals surface area contributed by atoms with Crippen LogP contribution in [0.4, 0.5) is 0 Å². The van der Waals surface area contributed by atoms with Gasteiger partial charge in [-0.25, -0.2) is 0 Å². The van der Waals surface area contributed by atoms with Crippen LogP contribution in [-0.4, -0.2) is 31.5 Å². The zero-order chi connectivity index (χ0) is 12.3. The number of hydrogen-bond donors (Lipinski definition) is 2. The molecule has 2 rings (SSSR count). The van der Waals surface area contributed by atoms with Crippen molar-refractivity contribution in [2.75, 3.05) is 20.8 Å². The molecular weight excluding hydrogens is 218 g/mol. The molecule has 17 heavy (non-hydrogen) atoms. The predicted octanol–water partition coefficient (Wildman–Crippen LogP) is 1.32. The van der Waals surface area contributed by atoms with Crippen molar-refractivity contribution in [3.8, 4) is 11.5 Å². The van der Waals surface area contributed by atoms with Crippen LogP contribution in [0.1, 0.15) is 18.4 Å². The largest absolute Gasteiger partial charge is 0.497 e. The predicted molar refractivity (Wildman–Crippen MR) is 65.4 cm³/mol. The molecule has 0 atom stereocenters. The molecule has 4 heteroatoms. The molecule has 1 aliphatic carbocycles. The lowest BCUT2D eigenvalue weighted by molar-refractivity contribution is 0.229. The molecule has 1 aliphatic rings. The Morgan fingerprint density at radius 2 is 1.76 bits per heavy atom. The summed E-state index contributed by atoms with van der Waals surface area (Å²) in [6.07, 6.45) is 2.09. The minimum absolute atomic E-state index is 0.0453. The number of hydrogen-bond acceptors (Lipinski definition) is 4. The van der Waals surface area contributed by atoms with E-state index in [1.54, 1.807) is 14.2 Å². The van der Waals surface area contributed by atoms with Crippen molar-refractivity contribution < 1.29 is 14.6 Å². The summed E-state index contributed by atoms with van der Waals surface area (Å²) in [6, 6.07) is 5.80. The van der Waals surface area contributed by atoms with E-state index in [-0.39, 0.29) is 12.1 Å². The first kappa shape index (κ1) is 12.2. The number of methoxy groups -OCH3 is 2. The van der Waals surface area contributed by atoms with Crippen molar-refractivity contribution in [2.24, 2.45) is 0 Å². The lowest BCUT2D eigenvalue weighted by Crippen LogP contribution is -2.34. The molecule has 94 valence electrons. The van der Waals surface area contributed by atoms with Crippen molar-refractivity contribution >= 4 is 0 Å². The smallest absolute Gasteiger partial charge is 0.122 e. The maximum absolute atomic E-state index is 9.22. The van der Waals surface area contributed by atoms with Crippen LogP contribution >= 0.6 is 0 Å². The van der Waals surface area contributed by atoms with E-state index in [0.29, 0.717) is 6.54 Å². The van der Waals surface area contributed by atoms with Gasteiger partial charge in [0.25, 0.3) is 0 Å². The van der Waals surface area contributed by atoms with Crippen molar-refractivity contribution in [1.29, 1.82) is 0 Å². The maximum atomic E-state index is 9.22. The number of ether oxygens (including phenoxy) is 2. The summed E-state index contributed by atoms with van der Waals surface area (Å²) in [4.78, 5) is 0. The lowest BCUT2D eigenvalue weighted by Gasteiger charge is -2.15. The summed E-state index contributed by atoms with van der Waals surface area (Å²) in [5.74, 6) is 1.57. The van der Waals surface area contributed by atoms with Crippen LogP contribution in [0.2, 0.25) is 0 Å². The molecule has 1 aromatic rings. The summed E-state index contributed by atoms with van der Waals surface area (Å²) in [6.45, 7) is 0.919. The highest BCUT2D eigenvalue weighted by Gasteiger charge is 2.41. The van der Waals surface area contributed by atoms with E-state index in [9.17, 15) is 5.11 Å². The van der Waals surface area contributed by atoms with Gasteiger partial charge in [-0.2, -0.15) is 0 Å². The third kappa shape index (κ3) is 2.90. The van der Waals surface area contributed by atoms with Crippen LogP contribution in [0.5, 0.6) is 11.5 Å². The Kier molecular flexibility index (Phi) is 3.54. The first-order valence-corrected chi connectivity index (χ1v) is 5.79. The first-order valence-electron chi connectivity index (χ1n) is 5.79. The van der Waals surface area contributed by atoms with Crippen molar-refractivity contribution in [1.82, 2.24) is 5.32 Å². The molecule has 1 fully saturated rings. The van der Waals surface area contributed by atoms with Gasteiger partial charge in [-0.3, -0.25) is 0 Å². The molecule has 0 spiro atoms. The Labute approximate surface area is 102 Å². The van der Waals surface area contributed by atoms with E-state index >= 15 is 0 Å². The summed E-state index contributed by atoms with van der Waals surface area (Å²) >= 11 is 0. The molecule has 4 nitrogen and oxygen atoms in total. The fraction of sp³-hybridized carbons (Fsp3) is 0.538. The van der Waals surface area contributed by atoms with E-state index in [1.807, 2.05) is 18.2 Å². The molecule has 0 aliphatic heterocycles. The third-order valence-corrected chi connectivity index (χ3v) is 3.23. The molecule has 0 saturated heterocycles. The molecule has 0 radical (unpaired) electrons. The monoisotopic (exact) mass is 237 g/mol. The van der Waals surface area contributed by atoms with Gasteiger partial charge < -0.3 is 19.9 Å². The SMILES string of the molecule is COc1cc(CNC2(CO)CC2)cc(OC)c1. The summed E-state index contributed by atoms with van der Waals surface area (Å²) < 4.78 is 10.4. The van der Waals surface area contributed by atoms with E-state index < -0.39 is 0 Å². The minimum Gasteiger partial charge on any atom is -0.497 e. The average Bonchev–Trinajstić information content (AvgIpc) is 3.16. The Bertz CT molecular complexity index is 366. The van der Waals surface area contributed by atoms with Gasteiger partial charge in [0, 0.05) is 18.2 Å². The van der Waals surface area contributed by atoms with Crippen molar-refractivity contribution in [3.05, 3.63) is 23.8 Å². The zero-order valence-electron chi connectivity index (χ0n) is 10.3. The molecule has 0 unspecified atom stereocenters. The molecule has 1 saturated carbocycles.